The zero-order valence-corrected chi connectivity index (χ0v) is 15.0. The van der Waals surface area contributed by atoms with Crippen LogP contribution in [0.15, 0.2) is 29.3 Å². The molecule has 0 radical (unpaired) electrons. The van der Waals surface area contributed by atoms with Gasteiger partial charge < -0.3 is 15.0 Å². The lowest BCUT2D eigenvalue weighted by molar-refractivity contribution is 0.353. The van der Waals surface area contributed by atoms with E-state index in [1.165, 1.54) is 0 Å². The summed E-state index contributed by atoms with van der Waals surface area (Å²) in [7, 11) is 0.306. The Labute approximate surface area is 138 Å². The van der Waals surface area contributed by atoms with Crippen molar-refractivity contribution < 1.29 is 13.2 Å². The van der Waals surface area contributed by atoms with E-state index in [4.69, 9.17) is 4.74 Å². The Kier molecular flexibility index (Phi) is 5.19. The molecule has 0 bridgehead atoms. The monoisotopic (exact) mass is 339 g/mol. The van der Waals surface area contributed by atoms with Crippen LogP contribution in [0.25, 0.3) is 0 Å². The van der Waals surface area contributed by atoms with Gasteiger partial charge in [-0.15, -0.1) is 0 Å². The van der Waals surface area contributed by atoms with Gasteiger partial charge in [-0.1, -0.05) is 12.1 Å². The fourth-order valence-corrected chi connectivity index (χ4v) is 3.95. The van der Waals surface area contributed by atoms with Gasteiger partial charge in [0.2, 0.25) is 0 Å². The first-order valence-electron chi connectivity index (χ1n) is 7.60. The van der Waals surface area contributed by atoms with Crippen LogP contribution in [0.5, 0.6) is 5.75 Å². The largest absolute Gasteiger partial charge is 0.497 e. The minimum Gasteiger partial charge on any atom is -0.497 e. The van der Waals surface area contributed by atoms with Crippen LogP contribution in [0.1, 0.15) is 19.4 Å². The number of aliphatic imine (C=N–C) groups is 1. The van der Waals surface area contributed by atoms with E-state index in [9.17, 15) is 8.42 Å². The van der Waals surface area contributed by atoms with Crippen LogP contribution < -0.4 is 10.1 Å². The Hall–Kier alpha value is -1.76. The summed E-state index contributed by atoms with van der Waals surface area (Å²) in [5.74, 6) is 1.70. The van der Waals surface area contributed by atoms with Gasteiger partial charge in [0.1, 0.15) is 5.75 Å². The molecule has 1 heterocycles. The van der Waals surface area contributed by atoms with Crippen LogP contribution >= 0.6 is 0 Å². The molecule has 128 valence electrons. The molecule has 1 fully saturated rings. The molecule has 0 aromatic heterocycles. The highest BCUT2D eigenvalue weighted by atomic mass is 32.2. The summed E-state index contributed by atoms with van der Waals surface area (Å²) < 4.78 is 28.6. The lowest BCUT2D eigenvalue weighted by Crippen LogP contribution is -2.57. The molecule has 1 aliphatic heterocycles. The summed E-state index contributed by atoms with van der Waals surface area (Å²) in [6, 6.07) is 7.81. The first kappa shape index (κ1) is 17.6. The molecule has 7 heteroatoms. The molecular weight excluding hydrogens is 314 g/mol. The number of nitrogens with zero attached hydrogens (tertiary/aromatic N) is 2. The Balaban J connectivity index is 2.00. The van der Waals surface area contributed by atoms with Crippen LogP contribution in [-0.4, -0.2) is 57.0 Å². The van der Waals surface area contributed by atoms with Gasteiger partial charge in [0, 0.05) is 26.7 Å². The van der Waals surface area contributed by atoms with E-state index >= 15 is 0 Å². The third-order valence-corrected chi connectivity index (χ3v) is 6.70. The maximum atomic E-state index is 12.1. The van der Waals surface area contributed by atoms with Crippen molar-refractivity contribution in [1.82, 2.24) is 10.2 Å². The van der Waals surface area contributed by atoms with Gasteiger partial charge in [-0.2, -0.15) is 0 Å². The Morgan fingerprint density at radius 3 is 2.52 bits per heavy atom. The number of methoxy groups -OCH3 is 1. The second-order valence-corrected chi connectivity index (χ2v) is 8.99. The second kappa shape index (κ2) is 6.78. The molecule has 1 N–H and O–H groups in total. The van der Waals surface area contributed by atoms with Crippen molar-refractivity contribution in [3.63, 3.8) is 0 Å². The summed E-state index contributed by atoms with van der Waals surface area (Å²) in [4.78, 5) is 6.29. The lowest BCUT2D eigenvalue weighted by atomic mass is 10.2. The predicted molar refractivity (Wildman–Crippen MR) is 92.6 cm³/mol. The highest BCUT2D eigenvalue weighted by molar-refractivity contribution is 7.92. The number of hydrogen-bond acceptors (Lipinski definition) is 4. The standard InChI is InChI=1S/C16H25N3O3S/c1-16(2)12-19(9-10-23(16,20)21)15(17-3)18-11-13-5-7-14(22-4)8-6-13/h5-8H,9-12H2,1-4H3,(H,17,18). The summed E-state index contributed by atoms with van der Waals surface area (Å²) in [5, 5.41) is 3.30. The van der Waals surface area contributed by atoms with Gasteiger partial charge in [-0.05, 0) is 31.5 Å². The maximum Gasteiger partial charge on any atom is 0.193 e. The number of sulfone groups is 1. The van der Waals surface area contributed by atoms with Crippen molar-refractivity contribution in [2.45, 2.75) is 25.1 Å². The van der Waals surface area contributed by atoms with Crippen LogP contribution in [0.4, 0.5) is 0 Å². The minimum absolute atomic E-state index is 0.156. The van der Waals surface area contributed by atoms with E-state index in [1.54, 1.807) is 28.0 Å². The van der Waals surface area contributed by atoms with Crippen molar-refractivity contribution in [2.75, 3.05) is 33.0 Å². The lowest BCUT2D eigenvalue weighted by Gasteiger charge is -2.39. The highest BCUT2D eigenvalue weighted by Crippen LogP contribution is 2.23. The summed E-state index contributed by atoms with van der Waals surface area (Å²) in [5.41, 5.74) is 1.11. The average molecular weight is 339 g/mol. The van der Waals surface area contributed by atoms with E-state index < -0.39 is 14.6 Å². The molecule has 0 aliphatic carbocycles. The first-order valence-corrected chi connectivity index (χ1v) is 9.25. The fourth-order valence-electron chi connectivity index (χ4n) is 2.58. The summed E-state index contributed by atoms with van der Waals surface area (Å²) >= 11 is 0. The molecule has 0 amide bonds. The van der Waals surface area contributed by atoms with E-state index in [0.29, 0.717) is 19.6 Å². The number of nitrogens with one attached hydrogen (secondary N) is 1. The van der Waals surface area contributed by atoms with Crippen LogP contribution in [-0.2, 0) is 16.4 Å². The van der Waals surface area contributed by atoms with E-state index in [2.05, 4.69) is 10.3 Å². The van der Waals surface area contributed by atoms with Crippen molar-refractivity contribution in [3.8, 4) is 5.75 Å². The summed E-state index contributed by atoms with van der Waals surface area (Å²) in [6.07, 6.45) is 0. The van der Waals surface area contributed by atoms with Gasteiger partial charge in [0.15, 0.2) is 15.8 Å². The number of hydrogen-bond donors (Lipinski definition) is 1. The quantitative estimate of drug-likeness (QED) is 0.663. The third kappa shape index (κ3) is 3.96. The van der Waals surface area contributed by atoms with Gasteiger partial charge in [-0.3, -0.25) is 4.99 Å². The molecular formula is C16H25N3O3S. The highest BCUT2D eigenvalue weighted by Gasteiger charge is 2.40. The van der Waals surface area contributed by atoms with Crippen molar-refractivity contribution in [2.24, 2.45) is 4.99 Å². The molecule has 0 saturated carbocycles. The zero-order chi connectivity index (χ0) is 17.1. The molecule has 1 saturated heterocycles. The predicted octanol–water partition coefficient (Wildman–Crippen LogP) is 1.28. The van der Waals surface area contributed by atoms with Crippen molar-refractivity contribution in [1.29, 1.82) is 0 Å². The third-order valence-electron chi connectivity index (χ3n) is 4.16. The molecule has 0 unspecified atom stereocenters. The number of ether oxygens (including phenoxy) is 1. The molecule has 6 nitrogen and oxygen atoms in total. The zero-order valence-electron chi connectivity index (χ0n) is 14.2. The van der Waals surface area contributed by atoms with Crippen LogP contribution in [0, 0.1) is 0 Å². The minimum atomic E-state index is -3.05. The molecule has 23 heavy (non-hydrogen) atoms. The summed E-state index contributed by atoms with van der Waals surface area (Å²) in [6.45, 7) is 5.07. The molecule has 1 aliphatic rings. The fraction of sp³-hybridized carbons (Fsp3) is 0.562. The van der Waals surface area contributed by atoms with Gasteiger partial charge in [0.05, 0.1) is 17.6 Å². The maximum absolute atomic E-state index is 12.1. The van der Waals surface area contributed by atoms with E-state index in [0.717, 1.165) is 17.3 Å². The molecule has 0 spiro atoms. The van der Waals surface area contributed by atoms with Gasteiger partial charge >= 0.3 is 0 Å². The Morgan fingerprint density at radius 2 is 2.00 bits per heavy atom. The SMILES string of the molecule is CN=C(NCc1ccc(OC)cc1)N1CCS(=O)(=O)C(C)(C)C1. The smallest absolute Gasteiger partial charge is 0.193 e. The molecule has 1 aromatic rings. The number of guanidine groups is 1. The first-order chi connectivity index (χ1) is 10.8. The van der Waals surface area contributed by atoms with Gasteiger partial charge in [-0.25, -0.2) is 8.42 Å². The number of rotatable bonds is 3. The molecule has 0 atom stereocenters. The van der Waals surface area contributed by atoms with Crippen LogP contribution in [0.3, 0.4) is 0 Å². The number of benzene rings is 1. The Bertz CT molecular complexity index is 666. The van der Waals surface area contributed by atoms with Crippen molar-refractivity contribution >= 4 is 15.8 Å². The van der Waals surface area contributed by atoms with Crippen molar-refractivity contribution in [3.05, 3.63) is 29.8 Å². The topological polar surface area (TPSA) is 71.0 Å². The average Bonchev–Trinajstić information content (AvgIpc) is 2.52. The van der Waals surface area contributed by atoms with Crippen LogP contribution in [0.2, 0.25) is 0 Å². The van der Waals surface area contributed by atoms with Gasteiger partial charge in [0.25, 0.3) is 0 Å². The molecule has 2 rings (SSSR count). The van der Waals surface area contributed by atoms with E-state index in [1.807, 2.05) is 29.2 Å². The normalized spacial score (nSPS) is 20.2. The Morgan fingerprint density at radius 1 is 1.35 bits per heavy atom. The molecule has 1 aromatic carbocycles. The van der Waals surface area contributed by atoms with E-state index in [-0.39, 0.29) is 5.75 Å². The second-order valence-electron chi connectivity index (χ2n) is 6.25.